The van der Waals surface area contributed by atoms with Crippen LogP contribution in [0.3, 0.4) is 0 Å². The van der Waals surface area contributed by atoms with E-state index in [4.69, 9.17) is 4.74 Å². The summed E-state index contributed by atoms with van der Waals surface area (Å²) in [6.45, 7) is 8.58. The van der Waals surface area contributed by atoms with E-state index in [1.165, 1.54) is 17.5 Å². The molecule has 1 unspecified atom stereocenters. The highest BCUT2D eigenvalue weighted by molar-refractivity contribution is 5.36. The average molecular weight is 278 g/mol. The zero-order chi connectivity index (χ0) is 15.1. The lowest BCUT2D eigenvalue weighted by Crippen LogP contribution is -2.38. The molecule has 0 amide bonds. The molecular formula is C17H30N2O. The fourth-order valence-corrected chi connectivity index (χ4v) is 2.45. The van der Waals surface area contributed by atoms with Crippen LogP contribution in [0, 0.1) is 12.8 Å². The molecule has 0 spiro atoms. The van der Waals surface area contributed by atoms with Crippen LogP contribution in [-0.4, -0.2) is 38.7 Å². The summed E-state index contributed by atoms with van der Waals surface area (Å²) in [5, 5.41) is 3.57. The fourth-order valence-electron chi connectivity index (χ4n) is 2.45. The van der Waals surface area contributed by atoms with Crippen molar-refractivity contribution in [2.75, 3.05) is 27.7 Å². The molecule has 1 aromatic rings. The third-order valence-electron chi connectivity index (χ3n) is 3.64. The Morgan fingerprint density at radius 2 is 1.95 bits per heavy atom. The van der Waals surface area contributed by atoms with E-state index in [0.717, 1.165) is 24.8 Å². The first-order valence-electron chi connectivity index (χ1n) is 7.44. The van der Waals surface area contributed by atoms with Crippen molar-refractivity contribution in [1.82, 2.24) is 10.2 Å². The van der Waals surface area contributed by atoms with E-state index in [1.807, 2.05) is 6.07 Å². The molecule has 114 valence electrons. The summed E-state index contributed by atoms with van der Waals surface area (Å²) < 4.78 is 5.29. The van der Waals surface area contributed by atoms with Gasteiger partial charge in [0.2, 0.25) is 0 Å². The summed E-state index contributed by atoms with van der Waals surface area (Å²) in [6, 6.07) is 6.96. The van der Waals surface area contributed by atoms with Gasteiger partial charge in [0.15, 0.2) is 0 Å². The first-order valence-corrected chi connectivity index (χ1v) is 7.44. The van der Waals surface area contributed by atoms with Gasteiger partial charge in [-0.3, -0.25) is 0 Å². The minimum atomic E-state index is 0.592. The Bertz CT molecular complexity index is 402. The second-order valence-corrected chi connectivity index (χ2v) is 6.18. The van der Waals surface area contributed by atoms with Crippen LogP contribution in [-0.2, 0) is 6.54 Å². The van der Waals surface area contributed by atoms with Gasteiger partial charge in [-0.2, -0.15) is 0 Å². The minimum absolute atomic E-state index is 0.592. The molecule has 0 bridgehead atoms. The Hall–Kier alpha value is -1.06. The summed E-state index contributed by atoms with van der Waals surface area (Å²) >= 11 is 0. The lowest BCUT2D eigenvalue weighted by Gasteiger charge is -2.26. The normalized spacial score (nSPS) is 13.0. The van der Waals surface area contributed by atoms with Gasteiger partial charge in [0.05, 0.1) is 7.11 Å². The molecule has 1 rings (SSSR count). The lowest BCUT2D eigenvalue weighted by atomic mass is 10.0. The first-order chi connectivity index (χ1) is 9.43. The van der Waals surface area contributed by atoms with Crippen molar-refractivity contribution in [2.45, 2.75) is 39.8 Å². The van der Waals surface area contributed by atoms with E-state index in [-0.39, 0.29) is 0 Å². The number of aryl methyl sites for hydroxylation is 1. The summed E-state index contributed by atoms with van der Waals surface area (Å²) in [5.41, 5.74) is 2.50. The standard InChI is InChI=1S/C17H30N2O/c1-13(2)9-16(19(4)5)12-18-11-15-7-8-17(20-6)14(3)10-15/h7-8,10,13,16,18H,9,11-12H2,1-6H3. The smallest absolute Gasteiger partial charge is 0.121 e. The van der Waals surface area contributed by atoms with Crippen LogP contribution in [0.15, 0.2) is 18.2 Å². The number of methoxy groups -OCH3 is 1. The maximum Gasteiger partial charge on any atom is 0.121 e. The predicted octanol–water partition coefficient (Wildman–Crippen LogP) is 3.07. The van der Waals surface area contributed by atoms with Crippen LogP contribution < -0.4 is 10.1 Å². The topological polar surface area (TPSA) is 24.5 Å². The number of rotatable bonds is 8. The summed E-state index contributed by atoms with van der Waals surface area (Å²) in [6.07, 6.45) is 1.22. The monoisotopic (exact) mass is 278 g/mol. The number of hydrogen-bond acceptors (Lipinski definition) is 3. The van der Waals surface area contributed by atoms with E-state index >= 15 is 0 Å². The molecule has 20 heavy (non-hydrogen) atoms. The van der Waals surface area contributed by atoms with Crippen LogP contribution >= 0.6 is 0 Å². The van der Waals surface area contributed by atoms with Gasteiger partial charge in [-0.05, 0) is 50.6 Å². The molecule has 1 N–H and O–H groups in total. The van der Waals surface area contributed by atoms with Gasteiger partial charge in [0.1, 0.15) is 5.75 Å². The van der Waals surface area contributed by atoms with Crippen molar-refractivity contribution in [2.24, 2.45) is 5.92 Å². The zero-order valence-corrected chi connectivity index (χ0v) is 13.9. The van der Waals surface area contributed by atoms with Crippen LogP contribution in [0.2, 0.25) is 0 Å². The van der Waals surface area contributed by atoms with Crippen molar-refractivity contribution in [1.29, 1.82) is 0 Å². The van der Waals surface area contributed by atoms with E-state index in [1.54, 1.807) is 7.11 Å². The molecule has 0 radical (unpaired) electrons. The molecule has 0 fully saturated rings. The zero-order valence-electron chi connectivity index (χ0n) is 13.9. The Kier molecular flexibility index (Phi) is 7.03. The average Bonchev–Trinajstić information content (AvgIpc) is 2.37. The van der Waals surface area contributed by atoms with Gasteiger partial charge < -0.3 is 15.0 Å². The number of hydrogen-bond donors (Lipinski definition) is 1. The highest BCUT2D eigenvalue weighted by Gasteiger charge is 2.12. The number of likely N-dealkylation sites (N-methyl/N-ethyl adjacent to an activating group) is 1. The molecule has 0 aliphatic rings. The molecule has 0 saturated carbocycles. The van der Waals surface area contributed by atoms with Crippen LogP contribution in [0.5, 0.6) is 5.75 Å². The third kappa shape index (κ3) is 5.51. The molecule has 1 atom stereocenters. The number of nitrogens with one attached hydrogen (secondary N) is 1. The molecular weight excluding hydrogens is 248 g/mol. The Morgan fingerprint density at radius 3 is 2.45 bits per heavy atom. The van der Waals surface area contributed by atoms with Crippen molar-refractivity contribution in [3.63, 3.8) is 0 Å². The van der Waals surface area contributed by atoms with Gasteiger partial charge in [0.25, 0.3) is 0 Å². The Labute approximate surface area is 124 Å². The Morgan fingerprint density at radius 1 is 1.25 bits per heavy atom. The molecule has 0 heterocycles. The van der Waals surface area contributed by atoms with Crippen LogP contribution in [0.1, 0.15) is 31.4 Å². The second-order valence-electron chi connectivity index (χ2n) is 6.18. The van der Waals surface area contributed by atoms with Crippen LogP contribution in [0.25, 0.3) is 0 Å². The SMILES string of the molecule is COc1ccc(CNCC(CC(C)C)N(C)C)cc1C. The lowest BCUT2D eigenvalue weighted by molar-refractivity contribution is 0.246. The highest BCUT2D eigenvalue weighted by atomic mass is 16.5. The quantitative estimate of drug-likeness (QED) is 0.791. The summed E-state index contributed by atoms with van der Waals surface area (Å²) in [7, 11) is 6.03. The van der Waals surface area contributed by atoms with Crippen molar-refractivity contribution < 1.29 is 4.74 Å². The molecule has 0 aliphatic carbocycles. The van der Waals surface area contributed by atoms with Gasteiger partial charge in [-0.15, -0.1) is 0 Å². The highest BCUT2D eigenvalue weighted by Crippen LogP contribution is 2.18. The number of nitrogens with zero attached hydrogens (tertiary/aromatic N) is 1. The molecule has 3 heteroatoms. The number of benzene rings is 1. The molecule has 0 saturated heterocycles. The molecule has 3 nitrogen and oxygen atoms in total. The van der Waals surface area contributed by atoms with Crippen molar-refractivity contribution >= 4 is 0 Å². The van der Waals surface area contributed by atoms with Crippen LogP contribution in [0.4, 0.5) is 0 Å². The Balaban J connectivity index is 2.48. The largest absolute Gasteiger partial charge is 0.496 e. The first kappa shape index (κ1) is 17.0. The van der Waals surface area contributed by atoms with Gasteiger partial charge in [-0.25, -0.2) is 0 Å². The summed E-state index contributed by atoms with van der Waals surface area (Å²) in [4.78, 5) is 2.31. The predicted molar refractivity (Wildman–Crippen MR) is 86.4 cm³/mol. The maximum absolute atomic E-state index is 5.29. The van der Waals surface area contributed by atoms with E-state index in [0.29, 0.717) is 6.04 Å². The van der Waals surface area contributed by atoms with Gasteiger partial charge in [0, 0.05) is 19.1 Å². The van der Waals surface area contributed by atoms with Crippen molar-refractivity contribution in [3.8, 4) is 5.75 Å². The van der Waals surface area contributed by atoms with Gasteiger partial charge in [-0.1, -0.05) is 26.0 Å². The molecule has 0 aliphatic heterocycles. The number of ether oxygens (including phenoxy) is 1. The maximum atomic E-state index is 5.29. The van der Waals surface area contributed by atoms with Gasteiger partial charge >= 0.3 is 0 Å². The second kappa shape index (κ2) is 8.28. The summed E-state index contributed by atoms with van der Waals surface area (Å²) in [5.74, 6) is 1.69. The van der Waals surface area contributed by atoms with E-state index in [2.05, 4.69) is 57.2 Å². The molecule has 1 aromatic carbocycles. The fraction of sp³-hybridized carbons (Fsp3) is 0.647. The van der Waals surface area contributed by atoms with E-state index in [9.17, 15) is 0 Å². The van der Waals surface area contributed by atoms with E-state index < -0.39 is 0 Å². The third-order valence-corrected chi connectivity index (χ3v) is 3.64. The van der Waals surface area contributed by atoms with Crippen molar-refractivity contribution in [3.05, 3.63) is 29.3 Å². The minimum Gasteiger partial charge on any atom is -0.496 e. The molecule has 0 aromatic heterocycles.